The van der Waals surface area contributed by atoms with Gasteiger partial charge in [-0.05, 0) is 12.1 Å². The second-order valence-corrected chi connectivity index (χ2v) is 2.68. The summed E-state index contributed by atoms with van der Waals surface area (Å²) < 4.78 is 1.64. The highest BCUT2D eigenvalue weighted by Gasteiger charge is 2.04. The zero-order chi connectivity index (χ0) is 9.26. The van der Waals surface area contributed by atoms with Gasteiger partial charge in [0.25, 0.3) is 0 Å². The SMILES string of the molecule is CCc1nc2c(C#N)cccn2n1. The van der Waals surface area contributed by atoms with Gasteiger partial charge in [-0.2, -0.15) is 10.4 Å². The average molecular weight is 172 g/mol. The van der Waals surface area contributed by atoms with Gasteiger partial charge in [0.05, 0.1) is 5.56 Å². The summed E-state index contributed by atoms with van der Waals surface area (Å²) >= 11 is 0. The molecule has 0 unspecified atom stereocenters. The number of hydrogen-bond donors (Lipinski definition) is 0. The second-order valence-electron chi connectivity index (χ2n) is 2.68. The molecule has 0 amide bonds. The highest BCUT2D eigenvalue weighted by Crippen LogP contribution is 2.07. The molecule has 4 heteroatoms. The molecule has 0 spiro atoms. The molecule has 0 aliphatic rings. The summed E-state index contributed by atoms with van der Waals surface area (Å²) in [6.07, 6.45) is 2.58. The molecule has 13 heavy (non-hydrogen) atoms. The maximum absolute atomic E-state index is 8.79. The number of hydrogen-bond acceptors (Lipinski definition) is 3. The predicted molar refractivity (Wildman–Crippen MR) is 47.1 cm³/mol. The molecule has 0 saturated carbocycles. The molecule has 2 rings (SSSR count). The van der Waals surface area contributed by atoms with Crippen molar-refractivity contribution in [2.24, 2.45) is 0 Å². The lowest BCUT2D eigenvalue weighted by Gasteiger charge is -1.90. The molecule has 0 aliphatic heterocycles. The summed E-state index contributed by atoms with van der Waals surface area (Å²) in [5, 5.41) is 13.0. The van der Waals surface area contributed by atoms with E-state index in [2.05, 4.69) is 16.2 Å². The van der Waals surface area contributed by atoms with E-state index in [1.54, 1.807) is 22.8 Å². The average Bonchev–Trinajstić information content (AvgIpc) is 2.59. The molecule has 0 aliphatic carbocycles. The molecule has 0 atom stereocenters. The van der Waals surface area contributed by atoms with Crippen molar-refractivity contribution in [3.05, 3.63) is 29.7 Å². The number of nitriles is 1. The van der Waals surface area contributed by atoms with Gasteiger partial charge in [0.1, 0.15) is 6.07 Å². The molecule has 4 nitrogen and oxygen atoms in total. The first-order chi connectivity index (χ1) is 6.35. The van der Waals surface area contributed by atoms with Crippen LogP contribution in [0.15, 0.2) is 18.3 Å². The van der Waals surface area contributed by atoms with Gasteiger partial charge in [-0.15, -0.1) is 0 Å². The van der Waals surface area contributed by atoms with Gasteiger partial charge in [0, 0.05) is 12.6 Å². The van der Waals surface area contributed by atoms with Crippen molar-refractivity contribution in [1.29, 1.82) is 5.26 Å². The number of rotatable bonds is 1. The lowest BCUT2D eigenvalue weighted by Crippen LogP contribution is -1.88. The summed E-state index contributed by atoms with van der Waals surface area (Å²) in [4.78, 5) is 4.23. The monoisotopic (exact) mass is 172 g/mol. The molecular formula is C9H8N4. The van der Waals surface area contributed by atoms with Crippen molar-refractivity contribution in [2.45, 2.75) is 13.3 Å². The van der Waals surface area contributed by atoms with Crippen LogP contribution in [0.5, 0.6) is 0 Å². The van der Waals surface area contributed by atoms with Crippen LogP contribution >= 0.6 is 0 Å². The maximum Gasteiger partial charge on any atom is 0.173 e. The molecule has 2 aromatic rings. The molecule has 64 valence electrons. The summed E-state index contributed by atoms with van der Waals surface area (Å²) in [5.41, 5.74) is 1.21. The first-order valence-corrected chi connectivity index (χ1v) is 4.09. The van der Waals surface area contributed by atoms with Crippen molar-refractivity contribution in [3.8, 4) is 6.07 Å². The Labute approximate surface area is 75.4 Å². The van der Waals surface area contributed by atoms with Crippen LogP contribution in [-0.4, -0.2) is 14.6 Å². The Hall–Kier alpha value is -1.89. The van der Waals surface area contributed by atoms with E-state index in [0.717, 1.165) is 12.2 Å². The Morgan fingerprint density at radius 1 is 1.62 bits per heavy atom. The molecule has 0 aromatic carbocycles. The van der Waals surface area contributed by atoms with Gasteiger partial charge in [-0.25, -0.2) is 9.50 Å². The fraction of sp³-hybridized carbons (Fsp3) is 0.222. The van der Waals surface area contributed by atoms with Crippen LogP contribution in [-0.2, 0) is 6.42 Å². The zero-order valence-electron chi connectivity index (χ0n) is 7.23. The molecule has 0 bridgehead atoms. The lowest BCUT2D eigenvalue weighted by atomic mass is 10.3. The molecule has 0 fully saturated rings. The van der Waals surface area contributed by atoms with E-state index in [0.29, 0.717) is 11.2 Å². The molecule has 0 N–H and O–H groups in total. The molecule has 2 heterocycles. The van der Waals surface area contributed by atoms with E-state index in [1.165, 1.54) is 0 Å². The van der Waals surface area contributed by atoms with E-state index in [1.807, 2.05) is 6.92 Å². The van der Waals surface area contributed by atoms with Gasteiger partial charge in [0.2, 0.25) is 0 Å². The predicted octanol–water partition coefficient (Wildman–Crippen LogP) is 1.16. The summed E-state index contributed by atoms with van der Waals surface area (Å²) in [6.45, 7) is 1.99. The zero-order valence-corrected chi connectivity index (χ0v) is 7.23. The number of pyridine rings is 1. The van der Waals surface area contributed by atoms with Crippen molar-refractivity contribution in [3.63, 3.8) is 0 Å². The van der Waals surface area contributed by atoms with Gasteiger partial charge in [0.15, 0.2) is 11.5 Å². The van der Waals surface area contributed by atoms with Crippen LogP contribution in [0.25, 0.3) is 5.65 Å². The van der Waals surface area contributed by atoms with E-state index < -0.39 is 0 Å². The first-order valence-electron chi connectivity index (χ1n) is 4.09. The Bertz CT molecular complexity index is 478. The quantitative estimate of drug-likeness (QED) is 0.648. The summed E-state index contributed by atoms with van der Waals surface area (Å²) in [5.74, 6) is 0.766. The van der Waals surface area contributed by atoms with E-state index >= 15 is 0 Å². The topological polar surface area (TPSA) is 54.0 Å². The normalized spacial score (nSPS) is 10.2. The van der Waals surface area contributed by atoms with Crippen molar-refractivity contribution >= 4 is 5.65 Å². The minimum atomic E-state index is 0.565. The van der Waals surface area contributed by atoms with Crippen LogP contribution < -0.4 is 0 Å². The van der Waals surface area contributed by atoms with Gasteiger partial charge in [-0.1, -0.05) is 6.92 Å². The van der Waals surface area contributed by atoms with Crippen LogP contribution in [0, 0.1) is 11.3 Å². The first kappa shape index (κ1) is 7.74. The number of aryl methyl sites for hydroxylation is 1. The van der Waals surface area contributed by atoms with Crippen molar-refractivity contribution in [2.75, 3.05) is 0 Å². The fourth-order valence-electron chi connectivity index (χ4n) is 1.19. The molecule has 0 radical (unpaired) electrons. The van der Waals surface area contributed by atoms with Crippen LogP contribution in [0.4, 0.5) is 0 Å². The van der Waals surface area contributed by atoms with E-state index in [4.69, 9.17) is 5.26 Å². The Kier molecular flexibility index (Phi) is 1.71. The third kappa shape index (κ3) is 1.14. The highest BCUT2D eigenvalue weighted by atomic mass is 15.3. The lowest BCUT2D eigenvalue weighted by molar-refractivity contribution is 0.885. The Morgan fingerprint density at radius 2 is 2.46 bits per heavy atom. The summed E-state index contributed by atoms with van der Waals surface area (Å²) in [6, 6.07) is 5.61. The minimum Gasteiger partial charge on any atom is -0.220 e. The Balaban J connectivity index is 2.76. The smallest absolute Gasteiger partial charge is 0.173 e. The largest absolute Gasteiger partial charge is 0.220 e. The number of nitrogens with zero attached hydrogens (tertiary/aromatic N) is 4. The fourth-order valence-corrected chi connectivity index (χ4v) is 1.19. The van der Waals surface area contributed by atoms with Crippen molar-refractivity contribution in [1.82, 2.24) is 14.6 Å². The molecule has 0 saturated heterocycles. The van der Waals surface area contributed by atoms with Gasteiger partial charge >= 0.3 is 0 Å². The van der Waals surface area contributed by atoms with Crippen LogP contribution in [0.1, 0.15) is 18.3 Å². The third-order valence-corrected chi connectivity index (χ3v) is 1.84. The molecule has 2 aromatic heterocycles. The van der Waals surface area contributed by atoms with Crippen LogP contribution in [0.3, 0.4) is 0 Å². The summed E-state index contributed by atoms with van der Waals surface area (Å²) in [7, 11) is 0. The Morgan fingerprint density at radius 3 is 3.15 bits per heavy atom. The standard InChI is InChI=1S/C9H8N4/c1-2-8-11-9-7(6-10)4-3-5-13(9)12-8/h3-5H,2H2,1H3. The minimum absolute atomic E-state index is 0.565. The molecular weight excluding hydrogens is 164 g/mol. The van der Waals surface area contributed by atoms with Crippen molar-refractivity contribution < 1.29 is 0 Å². The van der Waals surface area contributed by atoms with Gasteiger partial charge < -0.3 is 0 Å². The third-order valence-electron chi connectivity index (χ3n) is 1.84. The number of aromatic nitrogens is 3. The van der Waals surface area contributed by atoms with Crippen LogP contribution in [0.2, 0.25) is 0 Å². The van der Waals surface area contributed by atoms with E-state index in [-0.39, 0.29) is 0 Å². The highest BCUT2D eigenvalue weighted by molar-refractivity contribution is 5.54. The maximum atomic E-state index is 8.79. The second kappa shape index (κ2) is 2.87. The van der Waals surface area contributed by atoms with E-state index in [9.17, 15) is 0 Å². The number of fused-ring (bicyclic) bond motifs is 1. The van der Waals surface area contributed by atoms with Gasteiger partial charge in [-0.3, -0.25) is 0 Å².